The number of halogens is 3. The molecule has 1 N–H and O–H groups in total. The van der Waals surface area contributed by atoms with Crippen LogP contribution in [0.3, 0.4) is 0 Å². The van der Waals surface area contributed by atoms with Gasteiger partial charge in [-0.25, -0.2) is 4.39 Å². The zero-order valence-electron chi connectivity index (χ0n) is 10.0. The Bertz CT molecular complexity index is 399. The molecule has 0 bridgehead atoms. The van der Waals surface area contributed by atoms with Crippen LogP contribution in [-0.4, -0.2) is 18.3 Å². The van der Waals surface area contributed by atoms with Crippen LogP contribution in [0.25, 0.3) is 0 Å². The van der Waals surface area contributed by atoms with Gasteiger partial charge in [-0.2, -0.15) is 0 Å². The SMILES string of the molecule is O=C(NCCCCCCCl)c1ccc(F)c(Cl)c1. The van der Waals surface area contributed by atoms with Crippen molar-refractivity contribution in [3.05, 3.63) is 34.6 Å². The van der Waals surface area contributed by atoms with Gasteiger partial charge in [0.1, 0.15) is 5.82 Å². The minimum absolute atomic E-state index is 0.0373. The van der Waals surface area contributed by atoms with Crippen molar-refractivity contribution in [3.63, 3.8) is 0 Å². The number of nitrogens with one attached hydrogen (secondary N) is 1. The Morgan fingerprint density at radius 1 is 1.22 bits per heavy atom. The first-order valence-corrected chi connectivity index (χ1v) is 6.85. The molecule has 0 aliphatic heterocycles. The van der Waals surface area contributed by atoms with Gasteiger partial charge in [0, 0.05) is 18.0 Å². The van der Waals surface area contributed by atoms with Crippen molar-refractivity contribution in [1.82, 2.24) is 5.32 Å². The Hall–Kier alpha value is -0.800. The number of hydrogen-bond acceptors (Lipinski definition) is 1. The molecule has 5 heteroatoms. The monoisotopic (exact) mass is 291 g/mol. The summed E-state index contributed by atoms with van der Waals surface area (Å²) in [6, 6.07) is 3.95. The normalized spacial score (nSPS) is 10.4. The first-order valence-electron chi connectivity index (χ1n) is 5.94. The molecule has 0 spiro atoms. The average molecular weight is 292 g/mol. The summed E-state index contributed by atoms with van der Waals surface area (Å²) >= 11 is 11.2. The molecule has 1 rings (SSSR count). The summed E-state index contributed by atoms with van der Waals surface area (Å²) in [5.74, 6) is -0.0657. The standard InChI is InChI=1S/C13H16Cl2FNO/c14-7-3-1-2-4-8-17-13(18)10-5-6-12(16)11(15)9-10/h5-6,9H,1-4,7-8H2,(H,17,18). The van der Waals surface area contributed by atoms with E-state index >= 15 is 0 Å². The molecular weight excluding hydrogens is 276 g/mol. The number of alkyl halides is 1. The first kappa shape index (κ1) is 15.3. The molecule has 1 amide bonds. The lowest BCUT2D eigenvalue weighted by molar-refractivity contribution is 0.0953. The quantitative estimate of drug-likeness (QED) is 0.597. The van der Waals surface area contributed by atoms with Crippen LogP contribution in [0.15, 0.2) is 18.2 Å². The van der Waals surface area contributed by atoms with Gasteiger partial charge in [0.15, 0.2) is 0 Å². The maximum atomic E-state index is 12.9. The van der Waals surface area contributed by atoms with Gasteiger partial charge in [0.2, 0.25) is 0 Å². The summed E-state index contributed by atoms with van der Waals surface area (Å²) in [6.45, 7) is 0.607. The van der Waals surface area contributed by atoms with Crippen LogP contribution >= 0.6 is 23.2 Å². The summed E-state index contributed by atoms with van der Waals surface area (Å²) in [6.07, 6.45) is 4.03. The summed E-state index contributed by atoms with van der Waals surface area (Å²) in [4.78, 5) is 11.7. The second-order valence-corrected chi connectivity index (χ2v) is 4.77. The van der Waals surface area contributed by atoms with Gasteiger partial charge in [0.25, 0.3) is 5.91 Å². The van der Waals surface area contributed by atoms with E-state index in [1.54, 1.807) is 0 Å². The van der Waals surface area contributed by atoms with Crippen molar-refractivity contribution in [2.45, 2.75) is 25.7 Å². The molecule has 0 saturated heterocycles. The third-order valence-electron chi connectivity index (χ3n) is 2.53. The fourth-order valence-corrected chi connectivity index (χ4v) is 1.88. The van der Waals surface area contributed by atoms with Gasteiger partial charge < -0.3 is 5.32 Å². The zero-order chi connectivity index (χ0) is 13.4. The van der Waals surface area contributed by atoms with Crippen LogP contribution in [0.5, 0.6) is 0 Å². The van der Waals surface area contributed by atoms with E-state index in [1.165, 1.54) is 18.2 Å². The van der Waals surface area contributed by atoms with E-state index in [9.17, 15) is 9.18 Å². The molecule has 1 aromatic carbocycles. The highest BCUT2D eigenvalue weighted by atomic mass is 35.5. The molecule has 1 aromatic rings. The predicted molar refractivity (Wildman–Crippen MR) is 72.9 cm³/mol. The third-order valence-corrected chi connectivity index (χ3v) is 3.08. The average Bonchev–Trinajstić information content (AvgIpc) is 2.36. The molecule has 2 nitrogen and oxygen atoms in total. The lowest BCUT2D eigenvalue weighted by Crippen LogP contribution is -2.24. The fraction of sp³-hybridized carbons (Fsp3) is 0.462. The number of benzene rings is 1. The zero-order valence-corrected chi connectivity index (χ0v) is 11.5. The lowest BCUT2D eigenvalue weighted by Gasteiger charge is -2.05. The Labute approximate surface area is 116 Å². The van der Waals surface area contributed by atoms with Crippen LogP contribution in [0.2, 0.25) is 5.02 Å². The van der Waals surface area contributed by atoms with E-state index in [2.05, 4.69) is 5.32 Å². The fourth-order valence-electron chi connectivity index (χ4n) is 1.51. The number of rotatable bonds is 7. The van der Waals surface area contributed by atoms with Crippen LogP contribution in [0.4, 0.5) is 4.39 Å². The number of amides is 1. The summed E-state index contributed by atoms with van der Waals surface area (Å²) < 4.78 is 12.9. The highest BCUT2D eigenvalue weighted by molar-refractivity contribution is 6.31. The minimum atomic E-state index is -0.519. The lowest BCUT2D eigenvalue weighted by atomic mass is 10.2. The number of carbonyl (C=O) groups is 1. The second kappa shape index (κ2) is 8.33. The molecule has 0 saturated carbocycles. The molecule has 0 aromatic heterocycles. The minimum Gasteiger partial charge on any atom is -0.352 e. The van der Waals surface area contributed by atoms with Gasteiger partial charge in [-0.3, -0.25) is 4.79 Å². The number of hydrogen-bond donors (Lipinski definition) is 1. The van der Waals surface area contributed by atoms with Crippen LogP contribution in [0.1, 0.15) is 36.0 Å². The number of unbranched alkanes of at least 4 members (excludes halogenated alkanes) is 3. The molecule has 0 radical (unpaired) electrons. The van der Waals surface area contributed by atoms with Crippen molar-refractivity contribution < 1.29 is 9.18 Å². The molecule has 0 fully saturated rings. The topological polar surface area (TPSA) is 29.1 Å². The molecule has 100 valence electrons. The summed E-state index contributed by atoms with van der Waals surface area (Å²) in [5, 5.41) is 2.73. The van der Waals surface area contributed by atoms with Crippen LogP contribution in [-0.2, 0) is 0 Å². The van der Waals surface area contributed by atoms with E-state index in [0.29, 0.717) is 18.0 Å². The van der Waals surface area contributed by atoms with Crippen molar-refractivity contribution in [2.75, 3.05) is 12.4 Å². The van der Waals surface area contributed by atoms with Crippen molar-refractivity contribution in [1.29, 1.82) is 0 Å². The number of carbonyl (C=O) groups excluding carboxylic acids is 1. The van der Waals surface area contributed by atoms with Gasteiger partial charge in [0.05, 0.1) is 5.02 Å². The molecule has 18 heavy (non-hydrogen) atoms. The Morgan fingerprint density at radius 3 is 2.61 bits per heavy atom. The molecule has 0 unspecified atom stereocenters. The van der Waals surface area contributed by atoms with E-state index in [1.807, 2.05) is 0 Å². The smallest absolute Gasteiger partial charge is 0.251 e. The van der Waals surface area contributed by atoms with Crippen LogP contribution in [0, 0.1) is 5.82 Å². The largest absolute Gasteiger partial charge is 0.352 e. The Morgan fingerprint density at radius 2 is 1.94 bits per heavy atom. The third kappa shape index (κ3) is 5.23. The van der Waals surface area contributed by atoms with Gasteiger partial charge >= 0.3 is 0 Å². The van der Waals surface area contributed by atoms with Crippen LogP contribution < -0.4 is 5.32 Å². The van der Waals surface area contributed by atoms with Gasteiger partial charge in [-0.05, 0) is 31.0 Å². The van der Waals surface area contributed by atoms with Gasteiger partial charge in [-0.1, -0.05) is 24.4 Å². The van der Waals surface area contributed by atoms with Gasteiger partial charge in [-0.15, -0.1) is 11.6 Å². The summed E-state index contributed by atoms with van der Waals surface area (Å²) in [5.41, 5.74) is 0.377. The van der Waals surface area contributed by atoms with E-state index < -0.39 is 5.82 Å². The molecule has 0 heterocycles. The first-order chi connectivity index (χ1) is 8.65. The van der Waals surface area contributed by atoms with E-state index in [-0.39, 0.29) is 10.9 Å². The molecule has 0 atom stereocenters. The predicted octanol–water partition coefficient (Wildman–Crippen LogP) is 4.01. The molecule has 0 aliphatic carbocycles. The van der Waals surface area contributed by atoms with Crippen molar-refractivity contribution >= 4 is 29.1 Å². The second-order valence-electron chi connectivity index (χ2n) is 3.99. The highest BCUT2D eigenvalue weighted by Gasteiger charge is 2.07. The molecule has 0 aliphatic rings. The van der Waals surface area contributed by atoms with E-state index in [4.69, 9.17) is 23.2 Å². The maximum Gasteiger partial charge on any atom is 0.251 e. The Balaban J connectivity index is 2.30. The van der Waals surface area contributed by atoms with Crippen molar-refractivity contribution in [3.8, 4) is 0 Å². The summed E-state index contributed by atoms with van der Waals surface area (Å²) in [7, 11) is 0. The highest BCUT2D eigenvalue weighted by Crippen LogP contribution is 2.15. The van der Waals surface area contributed by atoms with Crippen molar-refractivity contribution in [2.24, 2.45) is 0 Å². The molecular formula is C13H16Cl2FNO. The van der Waals surface area contributed by atoms with E-state index in [0.717, 1.165) is 25.7 Å². The maximum absolute atomic E-state index is 12.9. The Kier molecular flexibility index (Phi) is 7.06.